The average molecular weight is 279 g/mol. The predicted molar refractivity (Wildman–Crippen MR) is 81.6 cm³/mol. The van der Waals surface area contributed by atoms with Crippen LogP contribution in [0.15, 0.2) is 11.6 Å². The Hall–Kier alpha value is -0.740. The summed E-state index contributed by atoms with van der Waals surface area (Å²) in [6.45, 7) is 7.67. The van der Waals surface area contributed by atoms with E-state index >= 15 is 0 Å². The van der Waals surface area contributed by atoms with Gasteiger partial charge in [0.25, 0.3) is 0 Å². The zero-order chi connectivity index (χ0) is 13.7. The van der Waals surface area contributed by atoms with Crippen LogP contribution in [0.25, 0.3) is 0 Å². The molecule has 0 spiro atoms. The Morgan fingerprint density at radius 2 is 2.21 bits per heavy atom. The maximum atomic E-state index is 4.34. The van der Waals surface area contributed by atoms with Crippen LogP contribution in [0.2, 0.25) is 0 Å². The SMILES string of the molecule is CCCNC(C1=CCCCC1)c1snnc1C(C)C. The molecule has 3 nitrogen and oxygen atoms in total. The van der Waals surface area contributed by atoms with Crippen molar-refractivity contribution < 1.29 is 0 Å². The lowest BCUT2D eigenvalue weighted by molar-refractivity contribution is 0.546. The van der Waals surface area contributed by atoms with E-state index in [-0.39, 0.29) is 0 Å². The molecule has 1 heterocycles. The molecule has 19 heavy (non-hydrogen) atoms. The molecule has 0 aliphatic heterocycles. The Balaban J connectivity index is 2.25. The third-order valence-corrected chi connectivity index (χ3v) is 4.45. The van der Waals surface area contributed by atoms with E-state index in [9.17, 15) is 0 Å². The maximum Gasteiger partial charge on any atom is 0.0832 e. The highest BCUT2D eigenvalue weighted by molar-refractivity contribution is 7.05. The molecule has 1 aromatic heterocycles. The van der Waals surface area contributed by atoms with E-state index < -0.39 is 0 Å². The van der Waals surface area contributed by atoms with Gasteiger partial charge in [0.1, 0.15) is 0 Å². The number of hydrogen-bond donors (Lipinski definition) is 1. The molecule has 1 aliphatic rings. The summed E-state index contributed by atoms with van der Waals surface area (Å²) in [4.78, 5) is 1.33. The van der Waals surface area contributed by atoms with E-state index in [4.69, 9.17) is 0 Å². The number of aromatic nitrogens is 2. The average Bonchev–Trinajstić information content (AvgIpc) is 2.90. The Morgan fingerprint density at radius 1 is 1.37 bits per heavy atom. The number of nitrogens with one attached hydrogen (secondary N) is 1. The molecular formula is C15H25N3S. The predicted octanol–water partition coefficient (Wildman–Crippen LogP) is 4.20. The second-order valence-corrected chi connectivity index (χ2v) is 6.37. The zero-order valence-corrected chi connectivity index (χ0v) is 13.1. The molecule has 0 saturated heterocycles. The Kier molecular flexibility index (Phi) is 5.52. The van der Waals surface area contributed by atoms with Crippen LogP contribution in [-0.2, 0) is 0 Å². The van der Waals surface area contributed by atoms with E-state index in [1.165, 1.54) is 36.3 Å². The van der Waals surface area contributed by atoms with Gasteiger partial charge in [-0.3, -0.25) is 0 Å². The second-order valence-electron chi connectivity index (χ2n) is 5.59. The number of allylic oxidation sites excluding steroid dienone is 1. The van der Waals surface area contributed by atoms with Crippen LogP contribution in [0.1, 0.15) is 75.4 Å². The van der Waals surface area contributed by atoms with Crippen molar-refractivity contribution in [1.29, 1.82) is 0 Å². The molecule has 2 rings (SSSR count). The summed E-state index contributed by atoms with van der Waals surface area (Å²) < 4.78 is 4.19. The highest BCUT2D eigenvalue weighted by Gasteiger charge is 2.24. The molecule has 0 amide bonds. The van der Waals surface area contributed by atoms with Crippen molar-refractivity contribution in [1.82, 2.24) is 14.9 Å². The van der Waals surface area contributed by atoms with E-state index in [0.29, 0.717) is 12.0 Å². The summed E-state index contributed by atoms with van der Waals surface area (Å²) in [7, 11) is 0. The van der Waals surface area contributed by atoms with Crippen LogP contribution < -0.4 is 5.32 Å². The summed E-state index contributed by atoms with van der Waals surface area (Å²) in [5.74, 6) is 0.448. The van der Waals surface area contributed by atoms with Crippen molar-refractivity contribution >= 4 is 11.5 Å². The molecule has 0 fully saturated rings. The van der Waals surface area contributed by atoms with Gasteiger partial charge in [-0.2, -0.15) is 0 Å². The highest BCUT2D eigenvalue weighted by atomic mass is 32.1. The molecular weight excluding hydrogens is 254 g/mol. The Labute approximate surface area is 120 Å². The van der Waals surface area contributed by atoms with Crippen LogP contribution in [0.3, 0.4) is 0 Å². The van der Waals surface area contributed by atoms with E-state index in [1.54, 1.807) is 17.1 Å². The third kappa shape index (κ3) is 3.63. The van der Waals surface area contributed by atoms with E-state index in [2.05, 4.69) is 41.8 Å². The monoisotopic (exact) mass is 279 g/mol. The van der Waals surface area contributed by atoms with Gasteiger partial charge < -0.3 is 5.32 Å². The standard InChI is InChI=1S/C15H25N3S/c1-4-10-16-14(12-8-6-5-7-9-12)15-13(11(2)3)17-18-19-15/h8,11,14,16H,4-7,9-10H2,1-3H3. The number of rotatable bonds is 6. The van der Waals surface area contributed by atoms with Crippen molar-refractivity contribution in [2.24, 2.45) is 0 Å². The molecule has 0 radical (unpaired) electrons. The van der Waals surface area contributed by atoms with Gasteiger partial charge >= 0.3 is 0 Å². The summed E-state index contributed by atoms with van der Waals surface area (Å²) in [5.41, 5.74) is 2.72. The van der Waals surface area contributed by atoms with Gasteiger partial charge in [0, 0.05) is 0 Å². The first kappa shape index (κ1) is 14.7. The minimum absolute atomic E-state index is 0.345. The van der Waals surface area contributed by atoms with Gasteiger partial charge in [-0.1, -0.05) is 36.9 Å². The zero-order valence-electron chi connectivity index (χ0n) is 12.3. The number of nitrogens with zero attached hydrogens (tertiary/aromatic N) is 2. The highest BCUT2D eigenvalue weighted by Crippen LogP contribution is 2.35. The molecule has 0 aromatic carbocycles. The topological polar surface area (TPSA) is 37.8 Å². The normalized spacial score (nSPS) is 17.6. The lowest BCUT2D eigenvalue weighted by Crippen LogP contribution is -2.25. The van der Waals surface area contributed by atoms with Crippen LogP contribution in [0.5, 0.6) is 0 Å². The van der Waals surface area contributed by atoms with Crippen molar-refractivity contribution in [2.75, 3.05) is 6.54 Å². The second kappa shape index (κ2) is 7.15. The smallest absolute Gasteiger partial charge is 0.0832 e. The van der Waals surface area contributed by atoms with Crippen LogP contribution >= 0.6 is 11.5 Å². The summed E-state index contributed by atoms with van der Waals surface area (Å²) in [5, 5.41) is 8.04. The quantitative estimate of drug-likeness (QED) is 0.793. The van der Waals surface area contributed by atoms with Crippen molar-refractivity contribution in [3.63, 3.8) is 0 Å². The molecule has 1 aromatic rings. The molecule has 1 N–H and O–H groups in total. The van der Waals surface area contributed by atoms with Gasteiger partial charge in [0.15, 0.2) is 0 Å². The molecule has 1 aliphatic carbocycles. The van der Waals surface area contributed by atoms with Crippen molar-refractivity contribution in [3.8, 4) is 0 Å². The van der Waals surface area contributed by atoms with Gasteiger partial charge in [-0.15, -0.1) is 5.10 Å². The van der Waals surface area contributed by atoms with Crippen LogP contribution in [-0.4, -0.2) is 16.1 Å². The summed E-state index contributed by atoms with van der Waals surface area (Å²) in [6, 6.07) is 0.345. The summed E-state index contributed by atoms with van der Waals surface area (Å²) >= 11 is 1.57. The van der Waals surface area contributed by atoms with Crippen molar-refractivity contribution in [3.05, 3.63) is 22.2 Å². The first-order chi connectivity index (χ1) is 9.24. The molecule has 1 atom stereocenters. The molecule has 0 saturated carbocycles. The molecule has 0 bridgehead atoms. The fraction of sp³-hybridized carbons (Fsp3) is 0.733. The lowest BCUT2D eigenvalue weighted by atomic mass is 9.91. The minimum atomic E-state index is 0.345. The van der Waals surface area contributed by atoms with Crippen LogP contribution in [0, 0.1) is 0 Å². The molecule has 106 valence electrons. The van der Waals surface area contributed by atoms with E-state index in [0.717, 1.165) is 13.0 Å². The Morgan fingerprint density at radius 3 is 2.84 bits per heavy atom. The fourth-order valence-corrected chi connectivity index (χ4v) is 3.54. The van der Waals surface area contributed by atoms with Gasteiger partial charge in [-0.25, -0.2) is 0 Å². The fourth-order valence-electron chi connectivity index (χ4n) is 2.61. The molecule has 1 unspecified atom stereocenters. The minimum Gasteiger partial charge on any atom is -0.306 e. The van der Waals surface area contributed by atoms with Gasteiger partial charge in [0.05, 0.1) is 16.6 Å². The molecule has 4 heteroatoms. The number of hydrogen-bond acceptors (Lipinski definition) is 4. The maximum absolute atomic E-state index is 4.34. The lowest BCUT2D eigenvalue weighted by Gasteiger charge is -2.24. The summed E-state index contributed by atoms with van der Waals surface area (Å²) in [6.07, 6.45) is 8.69. The Bertz CT molecular complexity index is 423. The first-order valence-electron chi connectivity index (χ1n) is 7.48. The first-order valence-corrected chi connectivity index (χ1v) is 8.25. The van der Waals surface area contributed by atoms with Gasteiger partial charge in [-0.05, 0) is 56.1 Å². The van der Waals surface area contributed by atoms with Crippen LogP contribution in [0.4, 0.5) is 0 Å². The largest absolute Gasteiger partial charge is 0.306 e. The van der Waals surface area contributed by atoms with E-state index in [1.807, 2.05) is 0 Å². The van der Waals surface area contributed by atoms with Crippen molar-refractivity contribution in [2.45, 2.75) is 64.8 Å². The van der Waals surface area contributed by atoms with Gasteiger partial charge in [0.2, 0.25) is 0 Å². The third-order valence-electron chi connectivity index (χ3n) is 3.64.